The fraction of sp³-hybridized carbons (Fsp3) is 0.368. The molecule has 0 bridgehead atoms. The largest absolute Gasteiger partial charge is 0.387 e. The number of ether oxygens (including phenoxy) is 1. The number of aliphatic hydroxyl groups is 2. The predicted octanol–water partition coefficient (Wildman–Crippen LogP) is 2.08. The van der Waals surface area contributed by atoms with Gasteiger partial charge in [0.2, 0.25) is 5.28 Å². The molecule has 1 aliphatic heterocycles. The molecule has 0 spiro atoms. The van der Waals surface area contributed by atoms with Crippen LogP contribution in [0.25, 0.3) is 11.0 Å². The van der Waals surface area contributed by atoms with Gasteiger partial charge in [-0.1, -0.05) is 30.3 Å². The average Bonchev–Trinajstić information content (AvgIpc) is 3.28. The van der Waals surface area contributed by atoms with Gasteiger partial charge in [0, 0.05) is 19.4 Å². The lowest BCUT2D eigenvalue weighted by Crippen LogP contribution is -2.33. The highest BCUT2D eigenvalue weighted by Crippen LogP contribution is 2.38. The Morgan fingerprint density at radius 3 is 2.69 bits per heavy atom. The lowest BCUT2D eigenvalue weighted by molar-refractivity contribution is -0.238. The van der Waals surface area contributed by atoms with Crippen molar-refractivity contribution in [2.45, 2.75) is 31.1 Å². The summed E-state index contributed by atoms with van der Waals surface area (Å²) in [5.41, 5.74) is 1.44. The van der Waals surface area contributed by atoms with E-state index >= 15 is 0 Å². The Morgan fingerprint density at radius 2 is 1.97 bits per heavy atom. The first-order valence-corrected chi connectivity index (χ1v) is 12.1. The summed E-state index contributed by atoms with van der Waals surface area (Å²) in [5.74, 6) is 0.505. The van der Waals surface area contributed by atoms with Gasteiger partial charge >= 0.3 is 7.60 Å². The first-order chi connectivity index (χ1) is 15.2. The molecular weight excluding hydrogens is 463 g/mol. The Hall–Kier alpha value is -2.08. The normalized spacial score (nSPS) is 25.2. The molecule has 0 radical (unpaired) electrons. The lowest BCUT2D eigenvalue weighted by Gasteiger charge is -2.17. The van der Waals surface area contributed by atoms with E-state index in [9.17, 15) is 14.8 Å². The molecule has 3 heterocycles. The zero-order valence-electron chi connectivity index (χ0n) is 16.9. The van der Waals surface area contributed by atoms with E-state index in [-0.39, 0.29) is 11.9 Å². The van der Waals surface area contributed by atoms with Crippen molar-refractivity contribution in [2.75, 3.05) is 18.6 Å². The minimum Gasteiger partial charge on any atom is -0.387 e. The van der Waals surface area contributed by atoms with Crippen LogP contribution in [0.4, 0.5) is 5.82 Å². The summed E-state index contributed by atoms with van der Waals surface area (Å²) >= 11 is 6.13. The topological polar surface area (TPSA) is 148 Å². The van der Waals surface area contributed by atoms with E-state index in [2.05, 4.69) is 20.0 Å². The molecule has 1 fully saturated rings. The molecule has 3 aromatic rings. The van der Waals surface area contributed by atoms with Gasteiger partial charge in [0.25, 0.3) is 0 Å². The van der Waals surface area contributed by atoms with E-state index in [0.29, 0.717) is 23.4 Å². The van der Waals surface area contributed by atoms with Gasteiger partial charge in [-0.05, 0) is 23.2 Å². The SMILES string of the molecule is CP(=O)(O)OOC[C@H]1O[C@@H](n2ccc3c(NCc4ccccc4)nc(Cl)nc32)[C@H](O)[C@@H]1O. The Morgan fingerprint density at radius 1 is 1.22 bits per heavy atom. The van der Waals surface area contributed by atoms with Crippen LogP contribution in [0.15, 0.2) is 42.6 Å². The van der Waals surface area contributed by atoms with Crippen molar-refractivity contribution >= 4 is 36.0 Å². The highest BCUT2D eigenvalue weighted by atomic mass is 35.5. The molecule has 13 heteroatoms. The lowest BCUT2D eigenvalue weighted by atomic mass is 10.1. The molecule has 4 N–H and O–H groups in total. The van der Waals surface area contributed by atoms with Crippen LogP contribution in [-0.2, 0) is 25.4 Å². The second-order valence-electron chi connectivity index (χ2n) is 7.35. The average molecular weight is 485 g/mol. The summed E-state index contributed by atoms with van der Waals surface area (Å²) < 4.78 is 22.8. The number of anilines is 1. The van der Waals surface area contributed by atoms with Crippen molar-refractivity contribution in [1.29, 1.82) is 0 Å². The number of rotatable bonds is 8. The van der Waals surface area contributed by atoms with E-state index in [0.717, 1.165) is 12.2 Å². The van der Waals surface area contributed by atoms with E-state index in [1.54, 1.807) is 12.3 Å². The smallest absolute Gasteiger partial charge is 0.352 e. The molecule has 1 unspecified atom stereocenters. The number of hydrogen-bond acceptors (Lipinski definition) is 9. The van der Waals surface area contributed by atoms with Crippen LogP contribution in [-0.4, -0.2) is 61.2 Å². The fourth-order valence-corrected chi connectivity index (χ4v) is 3.84. The first kappa shape index (κ1) is 23.1. The van der Waals surface area contributed by atoms with Gasteiger partial charge in [0.05, 0.1) is 5.39 Å². The summed E-state index contributed by atoms with van der Waals surface area (Å²) in [4.78, 5) is 22.3. The van der Waals surface area contributed by atoms with Crippen molar-refractivity contribution in [3.63, 3.8) is 0 Å². The number of aliphatic hydroxyl groups excluding tert-OH is 2. The second kappa shape index (κ2) is 9.42. The number of nitrogens with zero attached hydrogens (tertiary/aromatic N) is 3. The van der Waals surface area contributed by atoms with E-state index in [4.69, 9.17) is 26.1 Å². The predicted molar refractivity (Wildman–Crippen MR) is 115 cm³/mol. The second-order valence-corrected chi connectivity index (χ2v) is 9.44. The maximum absolute atomic E-state index is 11.2. The van der Waals surface area contributed by atoms with Crippen LogP contribution in [0.5, 0.6) is 0 Å². The molecule has 1 aliphatic rings. The quantitative estimate of drug-likeness (QED) is 0.162. The van der Waals surface area contributed by atoms with E-state index in [1.165, 1.54) is 4.57 Å². The Labute approximate surface area is 188 Å². The zero-order valence-corrected chi connectivity index (χ0v) is 18.6. The molecule has 1 aromatic carbocycles. The van der Waals surface area contributed by atoms with Gasteiger partial charge in [-0.15, -0.1) is 4.67 Å². The van der Waals surface area contributed by atoms with Crippen LogP contribution in [0.1, 0.15) is 11.8 Å². The van der Waals surface area contributed by atoms with Crippen LogP contribution in [0.3, 0.4) is 0 Å². The molecular formula is C19H22ClN4O7P. The van der Waals surface area contributed by atoms with Crippen molar-refractivity contribution in [3.8, 4) is 0 Å². The minimum absolute atomic E-state index is 0.00373. The van der Waals surface area contributed by atoms with Gasteiger partial charge < -0.3 is 29.7 Å². The van der Waals surface area contributed by atoms with Gasteiger partial charge in [-0.3, -0.25) is 4.57 Å². The molecule has 2 aromatic heterocycles. The molecule has 32 heavy (non-hydrogen) atoms. The number of nitrogens with one attached hydrogen (secondary N) is 1. The van der Waals surface area contributed by atoms with Crippen molar-refractivity contribution in [3.05, 3.63) is 53.4 Å². The molecule has 172 valence electrons. The third-order valence-electron chi connectivity index (χ3n) is 4.88. The summed E-state index contributed by atoms with van der Waals surface area (Å²) in [7, 11) is -3.86. The Kier molecular flexibility index (Phi) is 6.80. The van der Waals surface area contributed by atoms with Crippen molar-refractivity contribution < 1.29 is 34.0 Å². The number of benzene rings is 1. The van der Waals surface area contributed by atoms with E-state index < -0.39 is 32.1 Å². The highest BCUT2D eigenvalue weighted by Gasteiger charge is 2.44. The number of hydrogen-bond donors (Lipinski definition) is 4. The number of aromatic nitrogens is 3. The number of fused-ring (bicyclic) bond motifs is 1. The number of halogens is 1. The Bertz CT molecular complexity index is 1130. The summed E-state index contributed by atoms with van der Waals surface area (Å²) in [5, 5.41) is 24.7. The van der Waals surface area contributed by atoms with Crippen LogP contribution < -0.4 is 5.32 Å². The molecule has 0 aliphatic carbocycles. The first-order valence-electron chi connectivity index (χ1n) is 9.68. The fourth-order valence-electron chi connectivity index (χ4n) is 3.42. The van der Waals surface area contributed by atoms with Crippen LogP contribution in [0.2, 0.25) is 5.28 Å². The molecule has 0 amide bonds. The molecule has 4 rings (SSSR count). The maximum atomic E-state index is 11.2. The highest BCUT2D eigenvalue weighted by molar-refractivity contribution is 7.51. The summed E-state index contributed by atoms with van der Waals surface area (Å²) in [6.45, 7) is 1.10. The summed E-state index contributed by atoms with van der Waals surface area (Å²) in [6.07, 6.45) is -3.03. The molecule has 5 atom stereocenters. The molecule has 0 saturated carbocycles. The third-order valence-corrected chi connectivity index (χ3v) is 5.43. The minimum atomic E-state index is -3.86. The van der Waals surface area contributed by atoms with Crippen LogP contribution >= 0.6 is 19.2 Å². The van der Waals surface area contributed by atoms with Crippen molar-refractivity contribution in [1.82, 2.24) is 14.5 Å². The third kappa shape index (κ3) is 5.11. The van der Waals surface area contributed by atoms with E-state index in [1.807, 2.05) is 30.3 Å². The molecule has 11 nitrogen and oxygen atoms in total. The molecule has 1 saturated heterocycles. The van der Waals surface area contributed by atoms with Crippen molar-refractivity contribution in [2.24, 2.45) is 0 Å². The Balaban J connectivity index is 1.54. The monoisotopic (exact) mass is 484 g/mol. The maximum Gasteiger partial charge on any atom is 0.352 e. The summed E-state index contributed by atoms with van der Waals surface area (Å²) in [6, 6.07) is 11.5. The zero-order chi connectivity index (χ0) is 22.9. The van der Waals surface area contributed by atoms with Gasteiger partial charge in [-0.2, -0.15) is 4.98 Å². The standard InChI is InChI=1S/C19H22ClN4O7P/c1-32(27,28)31-29-10-13-14(25)15(26)18(30-13)24-8-7-12-16(22-19(20)23-17(12)24)21-9-11-5-3-2-4-6-11/h2-8,13-15,18,25-26H,9-10H2,1H3,(H,27,28)(H,21,22,23)/t13-,14-,15-,18-/m1/s1. The van der Waals surface area contributed by atoms with Gasteiger partial charge in [-0.25, -0.2) is 9.87 Å². The van der Waals surface area contributed by atoms with Crippen LogP contribution in [0, 0.1) is 0 Å². The van der Waals surface area contributed by atoms with Gasteiger partial charge in [0.1, 0.15) is 36.4 Å². The van der Waals surface area contributed by atoms with Gasteiger partial charge in [0.15, 0.2) is 6.23 Å².